The topological polar surface area (TPSA) is 281 Å². The number of hydrogen-bond donors (Lipinski definition) is 11. The van der Waals surface area contributed by atoms with Gasteiger partial charge in [-0.3, -0.25) is 34.2 Å². The summed E-state index contributed by atoms with van der Waals surface area (Å²) in [4.78, 5) is 96.7. The summed E-state index contributed by atoms with van der Waals surface area (Å²) < 4.78 is 0. The van der Waals surface area contributed by atoms with Gasteiger partial charge < -0.3 is 58.0 Å². The van der Waals surface area contributed by atoms with Gasteiger partial charge in [0.2, 0.25) is 35.4 Å². The lowest BCUT2D eigenvalue weighted by atomic mass is 9.84. The van der Waals surface area contributed by atoms with E-state index < -0.39 is 65.8 Å². The van der Waals surface area contributed by atoms with Gasteiger partial charge in [-0.2, -0.15) is 0 Å². The molecule has 0 radical (unpaired) electrons. The van der Waals surface area contributed by atoms with Gasteiger partial charge in [-0.1, -0.05) is 94.5 Å². The second-order valence-corrected chi connectivity index (χ2v) is 17.6. The zero-order chi connectivity index (χ0) is 48.0. The van der Waals surface area contributed by atoms with Gasteiger partial charge in [-0.05, 0) is 68.2 Å². The molecule has 1 fully saturated rings. The predicted octanol–water partition coefficient (Wildman–Crippen LogP) is 1.97. The molecule has 3 aromatic rings. The number of fused-ring (bicyclic) bond motifs is 1. The molecule has 1 saturated carbocycles. The van der Waals surface area contributed by atoms with E-state index >= 15 is 0 Å². The number of aromatic amines is 1. The fraction of sp³-hybridized carbons (Fsp3) is 0.542. The van der Waals surface area contributed by atoms with Gasteiger partial charge >= 0.3 is 0 Å². The molecule has 4 rings (SSSR count). The molecular formula is C48H71N11O7. The van der Waals surface area contributed by atoms with Crippen LogP contribution in [0.15, 0.2) is 60.8 Å². The Morgan fingerprint density at radius 1 is 0.712 bits per heavy atom. The van der Waals surface area contributed by atoms with Gasteiger partial charge in [0.25, 0.3) is 0 Å². The van der Waals surface area contributed by atoms with Crippen molar-refractivity contribution in [3.8, 4) is 0 Å². The number of hydrogen-bond acceptors (Lipinski definition) is 9. The number of para-hydroxylation sites is 1. The van der Waals surface area contributed by atoms with Crippen molar-refractivity contribution in [2.45, 2.75) is 134 Å². The summed E-state index contributed by atoms with van der Waals surface area (Å²) >= 11 is 0. The standard InChI is InChI=1S/C48H71N11O7/c1-30(2)42(29-60)59-44(63)38(57-46(65)40(55-31(3)61)26-33-17-9-6-10-18-33)22-13-23-52-43(62)37(21-14-24-53-48(49)50)56-47(66)41(27-34-28-54-36-20-12-11-19-35(34)36)58-45(64)39(51-4)25-32-15-7-5-8-16-32/h6,9-12,17-20,28-30,32,37-42,51,54H,5,7-8,13-16,21-27H2,1-4H3,(H,52,62)(H,55,61)(H,56,66)(H,57,65)(H,58,64)(H,59,63)(H4,49,50,53)/t37?,38-,39+,40-,41?,42?/m0/s1. The highest BCUT2D eigenvalue weighted by atomic mass is 16.2. The number of carbonyl (C=O) groups is 7. The van der Waals surface area contributed by atoms with Gasteiger partial charge in [0.1, 0.15) is 30.5 Å². The van der Waals surface area contributed by atoms with Crippen LogP contribution in [-0.2, 0) is 46.4 Å². The zero-order valence-corrected chi connectivity index (χ0v) is 38.8. The first-order valence-corrected chi connectivity index (χ1v) is 23.2. The molecule has 18 heteroatoms. The Bertz CT molecular complexity index is 2070. The molecule has 12 N–H and O–H groups in total. The van der Waals surface area contributed by atoms with Crippen molar-refractivity contribution < 1.29 is 33.6 Å². The van der Waals surface area contributed by atoms with E-state index in [-0.39, 0.29) is 63.0 Å². The van der Waals surface area contributed by atoms with Crippen molar-refractivity contribution in [3.05, 3.63) is 71.9 Å². The van der Waals surface area contributed by atoms with Crippen LogP contribution >= 0.6 is 0 Å². The molecule has 1 heterocycles. The molecule has 66 heavy (non-hydrogen) atoms. The summed E-state index contributed by atoms with van der Waals surface area (Å²) in [7, 11) is 1.74. The minimum atomic E-state index is -1.13. The Hall–Kier alpha value is -6.30. The number of rotatable bonds is 27. The fourth-order valence-corrected chi connectivity index (χ4v) is 8.29. The molecule has 1 aromatic heterocycles. The van der Waals surface area contributed by atoms with E-state index in [0.29, 0.717) is 25.0 Å². The van der Waals surface area contributed by atoms with Gasteiger partial charge in [-0.15, -0.1) is 0 Å². The lowest BCUT2D eigenvalue weighted by Crippen LogP contribution is -2.57. The van der Waals surface area contributed by atoms with Gasteiger partial charge in [-0.25, -0.2) is 0 Å². The lowest BCUT2D eigenvalue weighted by molar-refractivity contribution is -0.133. The smallest absolute Gasteiger partial charge is 0.243 e. The number of H-pyrrole nitrogens is 1. The summed E-state index contributed by atoms with van der Waals surface area (Å²) in [5.41, 5.74) is 7.98. The Morgan fingerprint density at radius 2 is 1.27 bits per heavy atom. The Labute approximate surface area is 387 Å². The fourth-order valence-electron chi connectivity index (χ4n) is 8.29. The van der Waals surface area contributed by atoms with Crippen molar-refractivity contribution in [2.75, 3.05) is 20.1 Å². The molecule has 360 valence electrons. The highest BCUT2D eigenvalue weighted by molar-refractivity contribution is 5.95. The second kappa shape index (κ2) is 27.2. The number of aldehydes is 1. The molecule has 6 atom stereocenters. The molecule has 1 aliphatic rings. The molecule has 6 amide bonds. The van der Waals surface area contributed by atoms with Crippen LogP contribution in [-0.4, -0.2) is 109 Å². The van der Waals surface area contributed by atoms with E-state index in [9.17, 15) is 33.6 Å². The van der Waals surface area contributed by atoms with E-state index in [0.717, 1.165) is 47.7 Å². The SMILES string of the molecule is CN[C@H](CC1CCCCC1)C(=O)NC(Cc1c[nH]c2ccccc12)C(=O)NC(CCCNC(=N)N)C(=O)NCCC[C@H](NC(=O)[C@H](Cc1ccccc1)NC(C)=O)C(=O)NC(C=O)C(C)C. The largest absolute Gasteiger partial charge is 0.370 e. The maximum Gasteiger partial charge on any atom is 0.243 e. The number of aromatic nitrogens is 1. The van der Waals surface area contributed by atoms with E-state index in [1.54, 1.807) is 20.9 Å². The van der Waals surface area contributed by atoms with Crippen LogP contribution in [0.25, 0.3) is 10.9 Å². The van der Waals surface area contributed by atoms with Crippen LogP contribution in [0.5, 0.6) is 0 Å². The normalized spacial score (nSPS) is 15.5. The summed E-state index contributed by atoms with van der Waals surface area (Å²) in [6.45, 7) is 5.14. The van der Waals surface area contributed by atoms with Crippen LogP contribution in [0.4, 0.5) is 0 Å². The van der Waals surface area contributed by atoms with E-state index in [2.05, 4.69) is 47.5 Å². The number of likely N-dealkylation sites (N-methyl/N-ethyl adjacent to an activating group) is 1. The van der Waals surface area contributed by atoms with Gasteiger partial charge in [0.05, 0.1) is 12.1 Å². The number of benzene rings is 2. The molecule has 0 saturated heterocycles. The minimum absolute atomic E-state index is 0.0392. The molecule has 0 aliphatic heterocycles. The average molecular weight is 914 g/mol. The summed E-state index contributed by atoms with van der Waals surface area (Å²) in [5.74, 6) is -3.09. The highest BCUT2D eigenvalue weighted by Gasteiger charge is 2.32. The third kappa shape index (κ3) is 17.2. The van der Waals surface area contributed by atoms with Crippen LogP contribution in [0.2, 0.25) is 0 Å². The molecular weight excluding hydrogens is 843 g/mol. The first-order valence-electron chi connectivity index (χ1n) is 23.2. The minimum Gasteiger partial charge on any atom is -0.370 e. The average Bonchev–Trinajstić information content (AvgIpc) is 3.71. The first-order chi connectivity index (χ1) is 31.7. The number of amides is 6. The third-order valence-electron chi connectivity index (χ3n) is 12.1. The van der Waals surface area contributed by atoms with Crippen LogP contribution in [0.1, 0.15) is 96.1 Å². The van der Waals surface area contributed by atoms with Crippen LogP contribution < -0.4 is 48.3 Å². The predicted molar refractivity (Wildman–Crippen MR) is 254 cm³/mol. The van der Waals surface area contributed by atoms with Crippen molar-refractivity contribution >= 4 is 58.6 Å². The first kappa shape index (κ1) is 52.3. The second-order valence-electron chi connectivity index (χ2n) is 17.6. The maximum atomic E-state index is 14.4. The Balaban J connectivity index is 1.50. The Morgan fingerprint density at radius 3 is 1.88 bits per heavy atom. The third-order valence-corrected chi connectivity index (χ3v) is 12.1. The van der Waals surface area contributed by atoms with E-state index in [1.165, 1.54) is 13.3 Å². The van der Waals surface area contributed by atoms with Crippen LogP contribution in [0.3, 0.4) is 0 Å². The molecule has 18 nitrogen and oxygen atoms in total. The maximum absolute atomic E-state index is 14.4. The zero-order valence-electron chi connectivity index (χ0n) is 38.8. The summed E-state index contributed by atoms with van der Waals surface area (Å²) in [6.07, 6.45) is 9.68. The molecule has 3 unspecified atom stereocenters. The number of guanidine groups is 1. The van der Waals surface area contributed by atoms with Crippen LogP contribution in [0, 0.1) is 17.2 Å². The number of carbonyl (C=O) groups excluding carboxylic acids is 7. The quantitative estimate of drug-likeness (QED) is 0.0229. The number of nitrogens with two attached hydrogens (primary N) is 1. The van der Waals surface area contributed by atoms with Crippen molar-refractivity contribution in [3.63, 3.8) is 0 Å². The van der Waals surface area contributed by atoms with Gasteiger partial charge in [0.15, 0.2) is 5.96 Å². The van der Waals surface area contributed by atoms with Crippen molar-refractivity contribution in [2.24, 2.45) is 17.6 Å². The van der Waals surface area contributed by atoms with E-state index in [4.69, 9.17) is 11.1 Å². The lowest BCUT2D eigenvalue weighted by Gasteiger charge is -2.28. The molecule has 2 aromatic carbocycles. The summed E-state index contributed by atoms with van der Waals surface area (Å²) in [5, 5.41) is 31.2. The van der Waals surface area contributed by atoms with E-state index in [1.807, 2.05) is 60.8 Å². The molecule has 0 spiro atoms. The molecule has 1 aliphatic carbocycles. The van der Waals surface area contributed by atoms with Crippen molar-refractivity contribution in [1.82, 2.24) is 47.5 Å². The van der Waals surface area contributed by atoms with Crippen molar-refractivity contribution in [1.29, 1.82) is 5.41 Å². The van der Waals surface area contributed by atoms with Gasteiger partial charge in [0, 0.05) is 50.0 Å². The number of nitrogens with one attached hydrogen (secondary N) is 10. The Kier molecular flexibility index (Phi) is 21.6. The highest BCUT2D eigenvalue weighted by Crippen LogP contribution is 2.27. The monoisotopic (exact) mass is 914 g/mol. The molecule has 0 bridgehead atoms. The summed E-state index contributed by atoms with van der Waals surface area (Å²) in [6, 6.07) is 11.2.